The van der Waals surface area contributed by atoms with E-state index >= 15 is 0 Å². The first-order valence-electron chi connectivity index (χ1n) is 5.88. The Kier molecular flexibility index (Phi) is 7.50. The molecule has 0 aromatic heterocycles. The Morgan fingerprint density at radius 2 is 1.89 bits per heavy atom. The summed E-state index contributed by atoms with van der Waals surface area (Å²) >= 11 is 0. The van der Waals surface area contributed by atoms with Crippen LogP contribution in [0.15, 0.2) is 0 Å². The maximum Gasteiger partial charge on any atom is 0.315 e. The van der Waals surface area contributed by atoms with Gasteiger partial charge in [0.25, 0.3) is 0 Å². The highest BCUT2D eigenvalue weighted by molar-refractivity contribution is 5.86. The fraction of sp³-hybridized carbons (Fsp3) is 0.727. The molecule has 0 fully saturated rings. The van der Waals surface area contributed by atoms with E-state index in [0.717, 1.165) is 0 Å². The van der Waals surface area contributed by atoms with Crippen LogP contribution in [-0.4, -0.2) is 42.6 Å². The first kappa shape index (κ1) is 16.2. The normalized spacial score (nSPS) is 13.3. The van der Waals surface area contributed by atoms with Crippen LogP contribution in [0.25, 0.3) is 0 Å². The minimum absolute atomic E-state index is 0.0157. The van der Waals surface area contributed by atoms with Crippen molar-refractivity contribution in [1.29, 1.82) is 0 Å². The van der Waals surface area contributed by atoms with E-state index in [1.54, 1.807) is 6.92 Å². The van der Waals surface area contributed by atoms with Crippen LogP contribution in [0.2, 0.25) is 0 Å². The molecule has 0 aliphatic carbocycles. The van der Waals surface area contributed by atoms with E-state index in [0.29, 0.717) is 6.42 Å². The Morgan fingerprint density at radius 3 is 2.33 bits per heavy atom. The topological polar surface area (TPSA) is 108 Å². The summed E-state index contributed by atoms with van der Waals surface area (Å²) in [7, 11) is 1.48. The summed E-state index contributed by atoms with van der Waals surface area (Å²) in [5, 5.41) is 16.1. The standard InChI is InChI=1S/C11H21N3O4/c1-4-8(5-9(15)16)6-13-11(18)14-7(2)10(17)12-3/h7-8H,4-6H2,1-3H3,(H,12,17)(H,15,16)(H2,13,14,18). The number of carboxylic acid groups (broad SMARTS) is 1. The second-order valence-electron chi connectivity index (χ2n) is 4.06. The van der Waals surface area contributed by atoms with Crippen molar-refractivity contribution < 1.29 is 19.5 Å². The van der Waals surface area contributed by atoms with Crippen molar-refractivity contribution in [3.05, 3.63) is 0 Å². The molecule has 0 aromatic rings. The van der Waals surface area contributed by atoms with E-state index < -0.39 is 18.0 Å². The second-order valence-corrected chi connectivity index (χ2v) is 4.06. The van der Waals surface area contributed by atoms with Gasteiger partial charge in [-0.1, -0.05) is 13.3 Å². The van der Waals surface area contributed by atoms with Crippen molar-refractivity contribution in [3.63, 3.8) is 0 Å². The lowest BCUT2D eigenvalue weighted by Gasteiger charge is -2.16. The highest BCUT2D eigenvalue weighted by Crippen LogP contribution is 2.06. The molecule has 104 valence electrons. The zero-order chi connectivity index (χ0) is 14.1. The zero-order valence-electron chi connectivity index (χ0n) is 10.9. The lowest BCUT2D eigenvalue weighted by Crippen LogP contribution is -2.48. The van der Waals surface area contributed by atoms with Crippen LogP contribution >= 0.6 is 0 Å². The van der Waals surface area contributed by atoms with Crippen LogP contribution in [0, 0.1) is 5.92 Å². The van der Waals surface area contributed by atoms with Gasteiger partial charge in [0, 0.05) is 20.0 Å². The molecule has 0 bridgehead atoms. The highest BCUT2D eigenvalue weighted by Gasteiger charge is 2.16. The Balaban J connectivity index is 4.01. The van der Waals surface area contributed by atoms with Crippen LogP contribution in [0.1, 0.15) is 26.7 Å². The molecule has 3 amide bonds. The van der Waals surface area contributed by atoms with Crippen LogP contribution in [0.5, 0.6) is 0 Å². The molecule has 2 atom stereocenters. The number of likely N-dealkylation sites (N-methyl/N-ethyl adjacent to an activating group) is 1. The van der Waals surface area contributed by atoms with Crippen LogP contribution in [0.3, 0.4) is 0 Å². The number of hydrogen-bond donors (Lipinski definition) is 4. The van der Waals surface area contributed by atoms with E-state index in [9.17, 15) is 14.4 Å². The number of carbonyl (C=O) groups excluding carboxylic acids is 2. The van der Waals surface area contributed by atoms with E-state index in [2.05, 4.69) is 16.0 Å². The number of hydrogen-bond acceptors (Lipinski definition) is 3. The Hall–Kier alpha value is -1.79. The summed E-state index contributed by atoms with van der Waals surface area (Å²) in [6, 6.07) is -1.11. The lowest BCUT2D eigenvalue weighted by molar-refractivity contribution is -0.138. The maximum atomic E-state index is 11.4. The fourth-order valence-corrected chi connectivity index (χ4v) is 1.37. The third kappa shape index (κ3) is 6.72. The number of carboxylic acids is 1. The summed E-state index contributed by atoms with van der Waals surface area (Å²) in [5.74, 6) is -1.28. The molecule has 7 nitrogen and oxygen atoms in total. The van der Waals surface area contributed by atoms with E-state index in [1.165, 1.54) is 7.05 Å². The molecule has 7 heteroatoms. The van der Waals surface area contributed by atoms with Gasteiger partial charge in [-0.2, -0.15) is 0 Å². The predicted molar refractivity (Wildman–Crippen MR) is 66.1 cm³/mol. The molecular formula is C11H21N3O4. The van der Waals surface area contributed by atoms with Gasteiger partial charge in [-0.15, -0.1) is 0 Å². The molecule has 0 rings (SSSR count). The van der Waals surface area contributed by atoms with Gasteiger partial charge in [-0.05, 0) is 12.8 Å². The van der Waals surface area contributed by atoms with Crippen molar-refractivity contribution in [1.82, 2.24) is 16.0 Å². The minimum atomic E-state index is -0.886. The summed E-state index contributed by atoms with van der Waals surface area (Å²) in [6.45, 7) is 3.70. The number of aliphatic carboxylic acids is 1. The molecule has 0 spiro atoms. The monoisotopic (exact) mass is 259 g/mol. The number of carbonyl (C=O) groups is 3. The van der Waals surface area contributed by atoms with Crippen molar-refractivity contribution in [2.45, 2.75) is 32.7 Å². The number of amides is 3. The fourth-order valence-electron chi connectivity index (χ4n) is 1.37. The molecule has 4 N–H and O–H groups in total. The number of rotatable bonds is 7. The molecule has 0 saturated heterocycles. The van der Waals surface area contributed by atoms with Gasteiger partial charge in [0.1, 0.15) is 6.04 Å². The summed E-state index contributed by atoms with van der Waals surface area (Å²) in [4.78, 5) is 33.1. The summed E-state index contributed by atoms with van der Waals surface area (Å²) in [6.07, 6.45) is 0.680. The summed E-state index contributed by atoms with van der Waals surface area (Å²) < 4.78 is 0. The Morgan fingerprint density at radius 1 is 1.28 bits per heavy atom. The quantitative estimate of drug-likeness (QED) is 0.513. The summed E-state index contributed by atoms with van der Waals surface area (Å²) in [5.41, 5.74) is 0. The maximum absolute atomic E-state index is 11.4. The predicted octanol–water partition coefficient (Wildman–Crippen LogP) is -0.0790. The third-order valence-corrected chi connectivity index (χ3v) is 2.58. The van der Waals surface area contributed by atoms with E-state index in [1.807, 2.05) is 6.92 Å². The first-order chi connectivity index (χ1) is 8.40. The van der Waals surface area contributed by atoms with Gasteiger partial charge in [-0.3, -0.25) is 9.59 Å². The van der Waals surface area contributed by atoms with Crippen LogP contribution in [-0.2, 0) is 9.59 Å². The van der Waals surface area contributed by atoms with Gasteiger partial charge in [0.05, 0.1) is 0 Å². The molecule has 18 heavy (non-hydrogen) atoms. The zero-order valence-corrected chi connectivity index (χ0v) is 10.9. The molecule has 0 aliphatic rings. The smallest absolute Gasteiger partial charge is 0.315 e. The average Bonchev–Trinajstić information content (AvgIpc) is 2.32. The second kappa shape index (κ2) is 8.32. The Labute approximate surface area is 106 Å². The Bertz CT molecular complexity index is 307. The molecule has 0 aliphatic heterocycles. The van der Waals surface area contributed by atoms with E-state index in [-0.39, 0.29) is 24.8 Å². The third-order valence-electron chi connectivity index (χ3n) is 2.58. The largest absolute Gasteiger partial charge is 0.481 e. The molecule has 2 unspecified atom stereocenters. The molecule has 0 radical (unpaired) electrons. The van der Waals surface area contributed by atoms with Crippen molar-refractivity contribution >= 4 is 17.9 Å². The first-order valence-corrected chi connectivity index (χ1v) is 5.88. The van der Waals surface area contributed by atoms with Crippen molar-refractivity contribution in [3.8, 4) is 0 Å². The highest BCUT2D eigenvalue weighted by atomic mass is 16.4. The van der Waals surface area contributed by atoms with Crippen LogP contribution < -0.4 is 16.0 Å². The van der Waals surface area contributed by atoms with Gasteiger partial charge in [0.15, 0.2) is 0 Å². The number of urea groups is 1. The molecule has 0 aromatic carbocycles. The van der Waals surface area contributed by atoms with Gasteiger partial charge >= 0.3 is 12.0 Å². The molecule has 0 saturated carbocycles. The van der Waals surface area contributed by atoms with E-state index in [4.69, 9.17) is 5.11 Å². The average molecular weight is 259 g/mol. The molecular weight excluding hydrogens is 238 g/mol. The van der Waals surface area contributed by atoms with Crippen molar-refractivity contribution in [2.24, 2.45) is 5.92 Å². The van der Waals surface area contributed by atoms with Crippen molar-refractivity contribution in [2.75, 3.05) is 13.6 Å². The SMILES string of the molecule is CCC(CNC(=O)NC(C)C(=O)NC)CC(=O)O. The molecule has 0 heterocycles. The van der Waals surface area contributed by atoms with Gasteiger partial charge in [-0.25, -0.2) is 4.79 Å². The minimum Gasteiger partial charge on any atom is -0.481 e. The van der Waals surface area contributed by atoms with Crippen LogP contribution in [0.4, 0.5) is 4.79 Å². The van der Waals surface area contributed by atoms with Gasteiger partial charge < -0.3 is 21.1 Å². The van der Waals surface area contributed by atoms with Gasteiger partial charge in [0.2, 0.25) is 5.91 Å². The number of nitrogens with one attached hydrogen (secondary N) is 3. The lowest BCUT2D eigenvalue weighted by atomic mass is 10.0.